The number of hydrogen-bond donors (Lipinski definition) is 4. The number of ether oxygens (including phenoxy) is 6. The first-order chi connectivity index (χ1) is 32.0. The zero-order valence-electron chi connectivity index (χ0n) is 38.2. The molecule has 18 heteroatoms. The monoisotopic (exact) mass is 906 g/mol. The number of amides is 4. The van der Waals surface area contributed by atoms with Crippen LogP contribution in [0.4, 0.5) is 9.59 Å². The van der Waals surface area contributed by atoms with Gasteiger partial charge in [0.1, 0.15) is 36.1 Å². The van der Waals surface area contributed by atoms with Crippen molar-refractivity contribution in [3.63, 3.8) is 0 Å². The Kier molecular flexibility index (Phi) is 12.9. The van der Waals surface area contributed by atoms with Crippen LogP contribution in [0.5, 0.6) is 5.75 Å². The van der Waals surface area contributed by atoms with Gasteiger partial charge in [-0.3, -0.25) is 9.59 Å². The van der Waals surface area contributed by atoms with Gasteiger partial charge in [0, 0.05) is 56.9 Å². The third-order valence-corrected chi connectivity index (χ3v) is 13.9. The molecule has 4 N–H and O–H groups in total. The van der Waals surface area contributed by atoms with Gasteiger partial charge in [-0.05, 0) is 98.2 Å². The molecule has 66 heavy (non-hydrogen) atoms. The number of aromatic amines is 2. The first-order valence-corrected chi connectivity index (χ1v) is 22.7. The summed E-state index contributed by atoms with van der Waals surface area (Å²) in [6.45, 7) is 6.12. The number of nitrogens with one attached hydrogen (secondary N) is 4. The predicted molar refractivity (Wildman–Crippen MR) is 242 cm³/mol. The second kappa shape index (κ2) is 18.9. The van der Waals surface area contributed by atoms with Crippen molar-refractivity contribution in [2.24, 2.45) is 11.8 Å². The molecule has 6 heterocycles. The summed E-state index contributed by atoms with van der Waals surface area (Å²) in [6, 6.07) is 12.1. The molecule has 18 nitrogen and oxygen atoms in total. The predicted octanol–water partition coefficient (Wildman–Crippen LogP) is 6.16. The number of aromatic nitrogens is 4. The van der Waals surface area contributed by atoms with Crippen LogP contribution in [0.15, 0.2) is 48.7 Å². The van der Waals surface area contributed by atoms with Crippen molar-refractivity contribution >= 4 is 45.8 Å². The average molecular weight is 907 g/mol. The fraction of sp³-hybridized carbons (Fsp3) is 0.500. The molecule has 0 aliphatic carbocycles. The normalized spacial score (nSPS) is 22.0. The molecule has 3 saturated heterocycles. The van der Waals surface area contributed by atoms with E-state index in [0.717, 1.165) is 61.9 Å². The summed E-state index contributed by atoms with van der Waals surface area (Å²) in [4.78, 5) is 73.8. The number of carbonyl (C=O) groups excluding carboxylic acids is 4. The number of imidazole rings is 2. The Labute approximate surface area is 382 Å². The van der Waals surface area contributed by atoms with E-state index in [1.807, 2.05) is 24.0 Å². The van der Waals surface area contributed by atoms with Gasteiger partial charge in [-0.2, -0.15) is 0 Å². The molecule has 5 aromatic rings. The van der Waals surface area contributed by atoms with Gasteiger partial charge >= 0.3 is 12.2 Å². The molecule has 3 aromatic carbocycles. The van der Waals surface area contributed by atoms with Gasteiger partial charge in [-0.1, -0.05) is 18.2 Å². The van der Waals surface area contributed by atoms with Crippen molar-refractivity contribution in [2.75, 3.05) is 54.8 Å². The first-order valence-electron chi connectivity index (χ1n) is 22.7. The van der Waals surface area contributed by atoms with Gasteiger partial charge in [0.25, 0.3) is 0 Å². The van der Waals surface area contributed by atoms with E-state index in [1.165, 1.54) is 21.3 Å². The zero-order valence-corrected chi connectivity index (χ0v) is 38.2. The van der Waals surface area contributed by atoms with Crippen molar-refractivity contribution in [1.29, 1.82) is 0 Å². The molecule has 0 bridgehead atoms. The topological polar surface area (TPSA) is 212 Å². The van der Waals surface area contributed by atoms with Crippen LogP contribution in [0.25, 0.3) is 44.2 Å². The molecule has 0 saturated carbocycles. The number of methoxy groups -OCH3 is 4. The summed E-state index contributed by atoms with van der Waals surface area (Å²) >= 11 is 0. The summed E-state index contributed by atoms with van der Waals surface area (Å²) < 4.78 is 32.8. The first kappa shape index (κ1) is 44.9. The Bertz CT molecular complexity index is 2620. The van der Waals surface area contributed by atoms with E-state index < -0.39 is 30.4 Å². The fourth-order valence-electron chi connectivity index (χ4n) is 10.3. The van der Waals surface area contributed by atoms with Gasteiger partial charge in [0.2, 0.25) is 11.8 Å². The quantitative estimate of drug-likeness (QED) is 0.111. The van der Waals surface area contributed by atoms with Crippen LogP contribution in [-0.2, 0) is 39.9 Å². The summed E-state index contributed by atoms with van der Waals surface area (Å²) in [5.74, 6) is 1.67. The average Bonchev–Trinajstić information content (AvgIpc) is 4.17. The number of fused-ring (bicyclic) bond motifs is 6. The molecule has 7 atom stereocenters. The SMILES string of the molecule is COC[C@H]1C[C@@H](c2ncc(-c3ccc4c(c3)COc3cc5c(ccc6[nH]c([C@@H]7CC[C@H](C)N7C(=O)[C@@H](NC(=O)OC)[C@@H](C)OC)nc65)cc3-4)[nH]2)N(C(=O)C(NC(=O)OC)C2CCOCC2)C1. The number of H-pyrrole nitrogens is 2. The Morgan fingerprint density at radius 2 is 1.67 bits per heavy atom. The van der Waals surface area contributed by atoms with Crippen LogP contribution in [0, 0.1) is 11.8 Å². The van der Waals surface area contributed by atoms with Crippen molar-refractivity contribution in [1.82, 2.24) is 40.4 Å². The molecule has 1 unspecified atom stereocenters. The largest absolute Gasteiger partial charge is 0.488 e. The van der Waals surface area contributed by atoms with Gasteiger partial charge in [-0.25, -0.2) is 19.6 Å². The smallest absolute Gasteiger partial charge is 0.407 e. The van der Waals surface area contributed by atoms with Gasteiger partial charge in [-0.15, -0.1) is 0 Å². The van der Waals surface area contributed by atoms with E-state index in [-0.39, 0.29) is 41.8 Å². The third-order valence-electron chi connectivity index (χ3n) is 13.9. The lowest BCUT2D eigenvalue weighted by Gasteiger charge is -2.34. The van der Waals surface area contributed by atoms with Crippen LogP contribution in [-0.4, -0.2) is 133 Å². The Balaban J connectivity index is 0.966. The van der Waals surface area contributed by atoms with E-state index in [0.29, 0.717) is 70.3 Å². The molecular formula is C48H58N8O10. The van der Waals surface area contributed by atoms with E-state index >= 15 is 0 Å². The van der Waals surface area contributed by atoms with Crippen LogP contribution >= 0.6 is 0 Å². The highest BCUT2D eigenvalue weighted by Crippen LogP contribution is 2.44. The number of likely N-dealkylation sites (tertiary alicyclic amines) is 2. The summed E-state index contributed by atoms with van der Waals surface area (Å²) in [6.07, 6.45) is 3.31. The van der Waals surface area contributed by atoms with Gasteiger partial charge in [0.05, 0.1) is 61.9 Å². The second-order valence-corrected chi connectivity index (χ2v) is 17.9. The molecule has 3 fully saturated rings. The number of carbonyl (C=O) groups is 4. The third kappa shape index (κ3) is 8.52. The molecule has 0 radical (unpaired) electrons. The molecule has 4 aliphatic rings. The van der Waals surface area contributed by atoms with Crippen LogP contribution in [0.2, 0.25) is 0 Å². The van der Waals surface area contributed by atoms with Crippen LogP contribution < -0.4 is 15.4 Å². The number of nitrogens with zero attached hydrogens (tertiary/aromatic N) is 4. The molecular weight excluding hydrogens is 849 g/mol. The minimum absolute atomic E-state index is 0.0838. The van der Waals surface area contributed by atoms with Crippen LogP contribution in [0.3, 0.4) is 0 Å². The zero-order chi connectivity index (χ0) is 46.2. The summed E-state index contributed by atoms with van der Waals surface area (Å²) in [5, 5.41) is 7.41. The Morgan fingerprint density at radius 1 is 0.879 bits per heavy atom. The van der Waals surface area contributed by atoms with E-state index in [1.54, 1.807) is 25.1 Å². The minimum atomic E-state index is -0.940. The molecule has 4 aliphatic heterocycles. The molecule has 350 valence electrons. The fourth-order valence-corrected chi connectivity index (χ4v) is 10.3. The summed E-state index contributed by atoms with van der Waals surface area (Å²) in [5.41, 5.74) is 6.42. The standard InChI is InChI=1S/C48H58N8O10/c1-25-7-12-37(56(25)46(58)40(26(2)62-4)53-47(59)63-5)44-50-35-11-9-29-19-34-32-10-8-30(18-31(32)24-66-39(34)20-33(29)42(35)52-44)36-21-49-43(51-36)38-17-27(23-61-3)22-55(38)45(57)41(54-48(60)64-6)28-13-15-65-16-14-28/h8-11,18-21,25-28,37-38,40-41H,7,12-17,22-24H2,1-6H3,(H,49,51)(H,50,52)(H,53,59)(H,54,60)/t25-,26+,27-,37-,38-,40-,41?/m0/s1. The highest BCUT2D eigenvalue weighted by Gasteiger charge is 2.44. The van der Waals surface area contributed by atoms with Crippen LogP contribution in [0.1, 0.15) is 75.2 Å². The van der Waals surface area contributed by atoms with Gasteiger partial charge in [0.15, 0.2) is 0 Å². The maximum absolute atomic E-state index is 14.4. The number of alkyl carbamates (subject to hydrolysis) is 2. The maximum Gasteiger partial charge on any atom is 0.407 e. The Morgan fingerprint density at radius 3 is 2.42 bits per heavy atom. The molecule has 2 aromatic heterocycles. The number of rotatable bonds is 12. The van der Waals surface area contributed by atoms with Gasteiger partial charge < -0.3 is 58.8 Å². The van der Waals surface area contributed by atoms with E-state index in [4.69, 9.17) is 38.4 Å². The van der Waals surface area contributed by atoms with E-state index in [9.17, 15) is 19.2 Å². The number of hydrogen-bond acceptors (Lipinski definition) is 12. The van der Waals surface area contributed by atoms with E-state index in [2.05, 4.69) is 50.9 Å². The molecule has 4 amide bonds. The Hall–Kier alpha value is -6.24. The molecule has 0 spiro atoms. The van der Waals surface area contributed by atoms with Crippen molar-refractivity contribution < 1.29 is 47.6 Å². The lowest BCUT2D eigenvalue weighted by Crippen LogP contribution is -2.55. The highest BCUT2D eigenvalue weighted by molar-refractivity contribution is 6.07. The van der Waals surface area contributed by atoms with Crippen molar-refractivity contribution in [3.05, 3.63) is 65.9 Å². The maximum atomic E-state index is 14.4. The summed E-state index contributed by atoms with van der Waals surface area (Å²) in [7, 11) is 5.73. The van der Waals surface area contributed by atoms with Crippen molar-refractivity contribution in [2.45, 2.75) is 88.9 Å². The van der Waals surface area contributed by atoms with Crippen molar-refractivity contribution in [3.8, 4) is 28.1 Å². The second-order valence-electron chi connectivity index (χ2n) is 17.9. The lowest BCUT2D eigenvalue weighted by molar-refractivity contribution is -0.139. The highest BCUT2D eigenvalue weighted by atomic mass is 16.5. The lowest BCUT2D eigenvalue weighted by atomic mass is 9.90. The molecule has 9 rings (SSSR count). The number of benzene rings is 3. The minimum Gasteiger partial charge on any atom is -0.488 e.